The zero-order valence-corrected chi connectivity index (χ0v) is 30.7. The highest BCUT2D eigenvalue weighted by Gasteiger charge is 2.39. The monoisotopic (exact) mass is 758 g/mol. The SMILES string of the molecule is CC[C@H](C)[C@H](NC(=O)[C@@H]1CCCN1C(=O)[C@@H](N)Cc1cnc[nH]1)C(=O)N[C@@H](CCCCN)C(=O)N[C@@H](Cc1cnc[nH]1)C(=O)N[C@@H](CCC(N)=O)C(=O)O. The molecular weight excluding hydrogens is 704 g/mol. The van der Waals surface area contributed by atoms with Crippen molar-refractivity contribution in [3.05, 3.63) is 36.4 Å². The predicted molar refractivity (Wildman–Crippen MR) is 193 cm³/mol. The van der Waals surface area contributed by atoms with Crippen molar-refractivity contribution in [3.63, 3.8) is 0 Å². The van der Waals surface area contributed by atoms with E-state index in [2.05, 4.69) is 41.2 Å². The van der Waals surface area contributed by atoms with Gasteiger partial charge in [-0.3, -0.25) is 28.8 Å². The molecule has 0 spiro atoms. The second-order valence-corrected chi connectivity index (χ2v) is 13.5. The van der Waals surface area contributed by atoms with Gasteiger partial charge in [0.05, 0.1) is 18.7 Å². The molecule has 1 fully saturated rings. The highest BCUT2D eigenvalue weighted by Crippen LogP contribution is 2.20. The number of hydrogen-bond donors (Lipinski definition) is 10. The number of hydrogen-bond acceptors (Lipinski definition) is 11. The van der Waals surface area contributed by atoms with Crippen LogP contribution in [0.4, 0.5) is 0 Å². The van der Waals surface area contributed by atoms with Crippen LogP contribution in [0.2, 0.25) is 0 Å². The number of imidazole rings is 2. The van der Waals surface area contributed by atoms with Crippen LogP contribution in [0.3, 0.4) is 0 Å². The number of nitrogens with zero attached hydrogens (tertiary/aromatic N) is 3. The van der Waals surface area contributed by atoms with E-state index in [1.165, 1.54) is 23.8 Å². The van der Waals surface area contributed by atoms with E-state index in [-0.39, 0.29) is 38.0 Å². The number of carbonyl (C=O) groups excluding carboxylic acids is 6. The Labute approximate surface area is 312 Å². The Balaban J connectivity index is 1.77. The Kier molecular flexibility index (Phi) is 17.0. The average Bonchev–Trinajstić information content (AvgIpc) is 3.95. The molecule has 0 aliphatic carbocycles. The number of carbonyl (C=O) groups is 7. The summed E-state index contributed by atoms with van der Waals surface area (Å²) in [7, 11) is 0. The van der Waals surface area contributed by atoms with E-state index in [1.54, 1.807) is 13.1 Å². The summed E-state index contributed by atoms with van der Waals surface area (Å²) < 4.78 is 0. The molecule has 7 atom stereocenters. The van der Waals surface area contributed by atoms with Gasteiger partial charge in [0.15, 0.2) is 0 Å². The molecule has 0 saturated carbocycles. The van der Waals surface area contributed by atoms with Crippen LogP contribution in [0, 0.1) is 5.92 Å². The second-order valence-electron chi connectivity index (χ2n) is 13.5. The molecule has 3 rings (SSSR count). The molecule has 6 amide bonds. The van der Waals surface area contributed by atoms with Gasteiger partial charge in [0.2, 0.25) is 35.4 Å². The minimum atomic E-state index is -1.47. The molecule has 2 aromatic heterocycles. The van der Waals surface area contributed by atoms with Gasteiger partial charge >= 0.3 is 5.97 Å². The van der Waals surface area contributed by atoms with Gasteiger partial charge in [-0.15, -0.1) is 0 Å². The second kappa shape index (κ2) is 21.4. The normalized spacial score (nSPS) is 17.3. The Bertz CT molecular complexity index is 1550. The Morgan fingerprint density at radius 1 is 0.889 bits per heavy atom. The summed E-state index contributed by atoms with van der Waals surface area (Å²) in [6.45, 7) is 4.26. The maximum absolute atomic E-state index is 13.9. The van der Waals surface area contributed by atoms with E-state index in [9.17, 15) is 38.7 Å². The molecule has 1 saturated heterocycles. The predicted octanol–water partition coefficient (Wildman–Crippen LogP) is -2.30. The van der Waals surface area contributed by atoms with Crippen LogP contribution in [0.5, 0.6) is 0 Å². The third-order valence-electron chi connectivity index (χ3n) is 9.43. The number of carboxylic acids is 1. The number of amides is 6. The molecule has 0 bridgehead atoms. The first-order chi connectivity index (χ1) is 25.7. The Morgan fingerprint density at radius 2 is 1.50 bits per heavy atom. The van der Waals surface area contributed by atoms with Gasteiger partial charge in [-0.25, -0.2) is 14.8 Å². The minimum absolute atomic E-state index is 0.114. The van der Waals surface area contributed by atoms with Crippen LogP contribution < -0.4 is 38.5 Å². The number of nitrogens with one attached hydrogen (secondary N) is 6. The third kappa shape index (κ3) is 12.9. The summed E-state index contributed by atoms with van der Waals surface area (Å²) in [4.78, 5) is 106. The summed E-state index contributed by atoms with van der Waals surface area (Å²) in [5.41, 5.74) is 18.2. The van der Waals surface area contributed by atoms with E-state index in [0.29, 0.717) is 56.6 Å². The zero-order valence-electron chi connectivity index (χ0n) is 30.7. The molecule has 54 heavy (non-hydrogen) atoms. The molecule has 1 aliphatic heterocycles. The topological polar surface area (TPSA) is 326 Å². The molecule has 1 aliphatic rings. The van der Waals surface area contributed by atoms with Crippen molar-refractivity contribution in [2.24, 2.45) is 23.1 Å². The van der Waals surface area contributed by atoms with E-state index in [0.717, 1.165) is 0 Å². The van der Waals surface area contributed by atoms with Gasteiger partial charge in [-0.05, 0) is 51.0 Å². The lowest BCUT2D eigenvalue weighted by Crippen LogP contribution is -2.60. The number of primary amides is 1. The van der Waals surface area contributed by atoms with Crippen molar-refractivity contribution in [2.45, 2.75) is 114 Å². The molecule has 298 valence electrons. The van der Waals surface area contributed by atoms with Crippen molar-refractivity contribution in [3.8, 4) is 0 Å². The first-order valence-electron chi connectivity index (χ1n) is 18.2. The van der Waals surface area contributed by atoms with Crippen LogP contribution in [0.1, 0.15) is 76.6 Å². The smallest absolute Gasteiger partial charge is 0.326 e. The fraction of sp³-hybridized carbons (Fsp3) is 0.618. The summed E-state index contributed by atoms with van der Waals surface area (Å²) in [5.74, 6) is -5.71. The van der Waals surface area contributed by atoms with E-state index in [4.69, 9.17) is 17.2 Å². The summed E-state index contributed by atoms with van der Waals surface area (Å²) in [6, 6.07) is -6.83. The number of aromatic amines is 2. The van der Waals surface area contributed by atoms with Crippen molar-refractivity contribution in [2.75, 3.05) is 13.1 Å². The van der Waals surface area contributed by atoms with Gasteiger partial charge in [-0.2, -0.15) is 0 Å². The molecule has 13 N–H and O–H groups in total. The fourth-order valence-corrected chi connectivity index (χ4v) is 6.13. The van der Waals surface area contributed by atoms with Crippen LogP contribution in [-0.2, 0) is 46.4 Å². The maximum atomic E-state index is 13.9. The first kappa shape index (κ1) is 43.0. The average molecular weight is 759 g/mol. The number of unbranched alkanes of at least 4 members (excludes halogenated alkanes) is 1. The van der Waals surface area contributed by atoms with Crippen LogP contribution in [-0.4, -0.2) is 121 Å². The molecule has 0 radical (unpaired) electrons. The van der Waals surface area contributed by atoms with Crippen molar-refractivity contribution in [1.29, 1.82) is 0 Å². The fourth-order valence-electron chi connectivity index (χ4n) is 6.13. The molecule has 20 heteroatoms. The van der Waals surface area contributed by atoms with Crippen molar-refractivity contribution < 1.29 is 38.7 Å². The number of nitrogens with two attached hydrogens (primary N) is 3. The standard InChI is InChI=1S/C34H54N12O8/c1-3-19(2)28(45-31(50)26-8-6-12-46(26)33(52)22(36)13-20-15-38-17-40-20)32(51)42-23(7-4-5-11-35)29(48)44-25(14-21-16-39-18-41-21)30(49)43-24(34(53)54)9-10-27(37)47/h15-19,22-26,28H,3-14,35-36H2,1-2H3,(H2,37,47)(H,38,40)(H,39,41)(H,42,51)(H,43,49)(H,44,48)(H,45,50)(H,53,54)/t19-,22-,23-,24-,25-,26-,28-/m0/s1. The molecule has 2 aromatic rings. The number of H-pyrrole nitrogens is 2. The van der Waals surface area contributed by atoms with Gasteiger partial charge < -0.3 is 58.4 Å². The highest BCUT2D eigenvalue weighted by molar-refractivity contribution is 5.96. The van der Waals surface area contributed by atoms with Gasteiger partial charge in [0.1, 0.15) is 30.2 Å². The largest absolute Gasteiger partial charge is 0.480 e. The molecule has 0 unspecified atom stereocenters. The van der Waals surface area contributed by atoms with Gasteiger partial charge in [0.25, 0.3) is 0 Å². The Morgan fingerprint density at radius 3 is 2.07 bits per heavy atom. The van der Waals surface area contributed by atoms with Crippen LogP contribution in [0.15, 0.2) is 25.0 Å². The number of likely N-dealkylation sites (tertiary alicyclic amines) is 1. The number of aromatic nitrogens is 4. The summed E-state index contributed by atoms with van der Waals surface area (Å²) in [6.07, 6.45) is 7.87. The zero-order chi connectivity index (χ0) is 39.8. The number of carboxylic acid groups (broad SMARTS) is 1. The lowest BCUT2D eigenvalue weighted by atomic mass is 9.96. The van der Waals surface area contributed by atoms with E-state index < -0.39 is 77.7 Å². The van der Waals surface area contributed by atoms with Gasteiger partial charge in [-0.1, -0.05) is 20.3 Å². The van der Waals surface area contributed by atoms with Crippen LogP contribution >= 0.6 is 0 Å². The first-order valence-corrected chi connectivity index (χ1v) is 18.2. The summed E-state index contributed by atoms with van der Waals surface area (Å²) in [5, 5.41) is 20.2. The molecule has 3 heterocycles. The van der Waals surface area contributed by atoms with Gasteiger partial charge in [0, 0.05) is 49.6 Å². The van der Waals surface area contributed by atoms with Crippen molar-refractivity contribution >= 4 is 41.4 Å². The lowest BCUT2D eigenvalue weighted by Gasteiger charge is -2.31. The van der Waals surface area contributed by atoms with E-state index in [1.807, 2.05) is 6.92 Å². The van der Waals surface area contributed by atoms with Crippen molar-refractivity contribution in [1.82, 2.24) is 46.1 Å². The number of aliphatic carboxylic acids is 1. The van der Waals surface area contributed by atoms with Crippen LogP contribution in [0.25, 0.3) is 0 Å². The highest BCUT2D eigenvalue weighted by atomic mass is 16.4. The molecule has 20 nitrogen and oxygen atoms in total. The molecule has 0 aromatic carbocycles. The minimum Gasteiger partial charge on any atom is -0.480 e. The summed E-state index contributed by atoms with van der Waals surface area (Å²) >= 11 is 0. The van der Waals surface area contributed by atoms with E-state index >= 15 is 0 Å². The third-order valence-corrected chi connectivity index (χ3v) is 9.43. The number of rotatable bonds is 23. The quantitative estimate of drug-likeness (QED) is 0.0535. The molecular formula is C34H54N12O8. The maximum Gasteiger partial charge on any atom is 0.326 e. The lowest BCUT2D eigenvalue weighted by molar-refractivity contribution is -0.142. The Hall–Kier alpha value is -5.37.